The van der Waals surface area contributed by atoms with E-state index >= 15 is 0 Å². The number of rotatable bonds is 3. The normalized spacial score (nSPS) is 14.6. The first-order valence-electron chi connectivity index (χ1n) is 8.04. The molecule has 0 unspecified atom stereocenters. The van der Waals surface area contributed by atoms with E-state index in [0.29, 0.717) is 16.7 Å². The molecule has 1 aliphatic rings. The highest BCUT2D eigenvalue weighted by atomic mass is 35.5. The summed E-state index contributed by atoms with van der Waals surface area (Å²) in [6.07, 6.45) is -4.77. The Labute approximate surface area is 172 Å². The topological polar surface area (TPSA) is 66.5 Å². The number of nitrogens with zero attached hydrogens (tertiary/aromatic N) is 1. The van der Waals surface area contributed by atoms with Gasteiger partial charge in [-0.25, -0.2) is 4.90 Å². The van der Waals surface area contributed by atoms with Crippen LogP contribution in [0.5, 0.6) is 0 Å². The molecule has 10 heteroatoms. The van der Waals surface area contributed by atoms with Crippen LogP contribution in [-0.2, 0) is 20.6 Å². The fourth-order valence-corrected chi connectivity index (χ4v) is 3.28. The molecule has 0 saturated carbocycles. The van der Waals surface area contributed by atoms with Crippen molar-refractivity contribution in [1.29, 1.82) is 0 Å². The Morgan fingerprint density at radius 1 is 1.00 bits per heavy atom. The van der Waals surface area contributed by atoms with E-state index in [1.807, 2.05) is 0 Å². The SMILES string of the molecule is CC(=O)Nc1ccc(C2=C(Cl)C(=O)N(c3ccc(Cl)c(C(F)(F)F)c3)C2=O)cc1. The molecule has 150 valence electrons. The van der Waals surface area contributed by atoms with Crippen LogP contribution in [0.2, 0.25) is 5.02 Å². The molecule has 0 spiro atoms. The summed E-state index contributed by atoms with van der Waals surface area (Å²) in [6.45, 7) is 1.33. The van der Waals surface area contributed by atoms with Crippen LogP contribution in [0.3, 0.4) is 0 Å². The molecular weight excluding hydrogens is 432 g/mol. The van der Waals surface area contributed by atoms with E-state index in [0.717, 1.165) is 12.1 Å². The van der Waals surface area contributed by atoms with Crippen molar-refractivity contribution < 1.29 is 27.6 Å². The fraction of sp³-hybridized carbons (Fsp3) is 0.105. The van der Waals surface area contributed by atoms with Gasteiger partial charge in [0.15, 0.2) is 0 Å². The van der Waals surface area contributed by atoms with E-state index in [1.54, 1.807) is 0 Å². The summed E-state index contributed by atoms with van der Waals surface area (Å²) in [5.41, 5.74) is -0.912. The predicted octanol–water partition coefficient (Wildman–Crippen LogP) is 4.84. The zero-order chi connectivity index (χ0) is 21.5. The number of benzene rings is 2. The number of anilines is 2. The maximum atomic E-state index is 13.1. The second-order valence-corrected chi connectivity index (χ2v) is 6.84. The third-order valence-corrected chi connectivity index (χ3v) is 4.72. The van der Waals surface area contributed by atoms with Gasteiger partial charge >= 0.3 is 6.18 Å². The van der Waals surface area contributed by atoms with Crippen molar-refractivity contribution in [3.8, 4) is 0 Å². The molecule has 2 aromatic carbocycles. The lowest BCUT2D eigenvalue weighted by atomic mass is 10.1. The molecule has 29 heavy (non-hydrogen) atoms. The number of nitrogens with one attached hydrogen (secondary N) is 1. The quantitative estimate of drug-likeness (QED) is 0.691. The minimum Gasteiger partial charge on any atom is -0.326 e. The van der Waals surface area contributed by atoms with Gasteiger partial charge in [0.05, 0.1) is 21.8 Å². The minimum atomic E-state index is -4.77. The summed E-state index contributed by atoms with van der Waals surface area (Å²) in [5.74, 6) is -2.12. The number of carbonyl (C=O) groups excluding carboxylic acids is 3. The molecule has 0 saturated heterocycles. The highest BCUT2D eigenvalue weighted by Gasteiger charge is 2.41. The van der Waals surface area contributed by atoms with Gasteiger partial charge in [-0.1, -0.05) is 35.3 Å². The van der Waals surface area contributed by atoms with Crippen molar-refractivity contribution in [3.05, 3.63) is 63.6 Å². The molecule has 2 aromatic rings. The Morgan fingerprint density at radius 2 is 1.62 bits per heavy atom. The third-order valence-electron chi connectivity index (χ3n) is 4.03. The van der Waals surface area contributed by atoms with Crippen molar-refractivity contribution >= 4 is 57.9 Å². The maximum absolute atomic E-state index is 13.1. The number of hydrogen-bond donors (Lipinski definition) is 1. The van der Waals surface area contributed by atoms with Crippen LogP contribution < -0.4 is 10.2 Å². The second-order valence-electron chi connectivity index (χ2n) is 6.06. The van der Waals surface area contributed by atoms with Crippen LogP contribution in [0.1, 0.15) is 18.1 Å². The summed E-state index contributed by atoms with van der Waals surface area (Å²) >= 11 is 11.6. The molecule has 0 radical (unpaired) electrons. The van der Waals surface area contributed by atoms with E-state index in [-0.39, 0.29) is 22.7 Å². The number of hydrogen-bond acceptors (Lipinski definition) is 3. The van der Waals surface area contributed by atoms with Gasteiger partial charge in [0.25, 0.3) is 11.8 Å². The lowest BCUT2D eigenvalue weighted by molar-refractivity contribution is -0.137. The van der Waals surface area contributed by atoms with E-state index < -0.39 is 33.6 Å². The third kappa shape index (κ3) is 3.99. The summed E-state index contributed by atoms with van der Waals surface area (Å²) in [7, 11) is 0. The summed E-state index contributed by atoms with van der Waals surface area (Å²) in [6, 6.07) is 8.61. The minimum absolute atomic E-state index is 0.158. The van der Waals surface area contributed by atoms with Gasteiger partial charge < -0.3 is 5.32 Å². The van der Waals surface area contributed by atoms with Crippen molar-refractivity contribution in [1.82, 2.24) is 0 Å². The highest BCUT2D eigenvalue weighted by Crippen LogP contribution is 2.40. The Morgan fingerprint density at radius 3 is 2.17 bits per heavy atom. The summed E-state index contributed by atoms with van der Waals surface area (Å²) in [5, 5.41) is 1.56. The fourth-order valence-electron chi connectivity index (χ4n) is 2.78. The summed E-state index contributed by atoms with van der Waals surface area (Å²) in [4.78, 5) is 37.0. The van der Waals surface area contributed by atoms with Crippen LogP contribution in [0.25, 0.3) is 5.57 Å². The lowest BCUT2D eigenvalue weighted by Gasteiger charge is -2.17. The highest BCUT2D eigenvalue weighted by molar-refractivity contribution is 6.60. The van der Waals surface area contributed by atoms with Crippen LogP contribution in [0.15, 0.2) is 47.5 Å². The zero-order valence-corrected chi connectivity index (χ0v) is 16.1. The number of amides is 3. The number of imide groups is 1. The molecule has 0 bridgehead atoms. The van der Waals surface area contributed by atoms with Crippen LogP contribution >= 0.6 is 23.2 Å². The van der Waals surface area contributed by atoms with Gasteiger partial charge in [-0.05, 0) is 35.9 Å². The second kappa shape index (κ2) is 7.53. The molecule has 3 amide bonds. The Balaban J connectivity index is 1.98. The number of halogens is 5. The molecule has 5 nitrogen and oxygen atoms in total. The van der Waals surface area contributed by atoms with Crippen molar-refractivity contribution in [2.24, 2.45) is 0 Å². The largest absolute Gasteiger partial charge is 0.417 e. The van der Waals surface area contributed by atoms with Crippen LogP contribution in [-0.4, -0.2) is 17.7 Å². The lowest BCUT2D eigenvalue weighted by Crippen LogP contribution is -2.31. The van der Waals surface area contributed by atoms with Gasteiger partial charge in [-0.15, -0.1) is 0 Å². The van der Waals surface area contributed by atoms with Crippen LogP contribution in [0.4, 0.5) is 24.5 Å². The molecular formula is C19H11Cl2F3N2O3. The van der Waals surface area contributed by atoms with Crippen molar-refractivity contribution in [2.75, 3.05) is 10.2 Å². The number of carbonyl (C=O) groups is 3. The van der Waals surface area contributed by atoms with Gasteiger partial charge in [-0.2, -0.15) is 13.2 Å². The molecule has 0 aliphatic carbocycles. The maximum Gasteiger partial charge on any atom is 0.417 e. The van der Waals surface area contributed by atoms with E-state index in [9.17, 15) is 27.6 Å². The smallest absolute Gasteiger partial charge is 0.326 e. The Kier molecular flexibility index (Phi) is 5.42. The van der Waals surface area contributed by atoms with Crippen molar-refractivity contribution in [3.63, 3.8) is 0 Å². The van der Waals surface area contributed by atoms with Crippen LogP contribution in [0, 0.1) is 0 Å². The average Bonchev–Trinajstić information content (AvgIpc) is 2.84. The molecule has 1 heterocycles. The molecule has 1 N–H and O–H groups in total. The van der Waals surface area contributed by atoms with Crippen molar-refractivity contribution in [2.45, 2.75) is 13.1 Å². The molecule has 0 aromatic heterocycles. The van der Waals surface area contributed by atoms with Gasteiger partial charge in [0.1, 0.15) is 5.03 Å². The first kappa shape index (κ1) is 20.9. The Hall–Kier alpha value is -2.84. The molecule has 1 aliphatic heterocycles. The van der Waals surface area contributed by atoms with Gasteiger partial charge in [-0.3, -0.25) is 14.4 Å². The average molecular weight is 443 g/mol. The van der Waals surface area contributed by atoms with E-state index in [1.165, 1.54) is 31.2 Å². The predicted molar refractivity (Wildman–Crippen MR) is 102 cm³/mol. The van der Waals surface area contributed by atoms with Gasteiger partial charge in [0, 0.05) is 12.6 Å². The molecule has 0 atom stereocenters. The molecule has 3 rings (SSSR count). The number of alkyl halides is 3. The van der Waals surface area contributed by atoms with E-state index in [2.05, 4.69) is 5.32 Å². The summed E-state index contributed by atoms with van der Waals surface area (Å²) < 4.78 is 39.4. The van der Waals surface area contributed by atoms with Gasteiger partial charge in [0.2, 0.25) is 5.91 Å². The first-order chi connectivity index (χ1) is 13.5. The zero-order valence-electron chi connectivity index (χ0n) is 14.6. The standard InChI is InChI=1S/C19H11Cl2F3N2O3/c1-9(27)25-11-4-2-10(3-5-11)15-16(21)18(29)26(17(15)28)12-6-7-14(20)13(8-12)19(22,23)24/h2-8H,1H3,(H,25,27). The first-order valence-corrected chi connectivity index (χ1v) is 8.79. The van der Waals surface area contributed by atoms with E-state index in [4.69, 9.17) is 23.2 Å². The monoisotopic (exact) mass is 442 g/mol. The Bertz CT molecular complexity index is 1060. The molecule has 0 fully saturated rings.